The van der Waals surface area contributed by atoms with Crippen molar-refractivity contribution in [3.63, 3.8) is 0 Å². The average Bonchev–Trinajstić information content (AvgIpc) is 3.33. The molecule has 26 heavy (non-hydrogen) atoms. The number of hydrogen-bond acceptors (Lipinski definition) is 6. The highest BCUT2D eigenvalue weighted by molar-refractivity contribution is 5.94. The summed E-state index contributed by atoms with van der Waals surface area (Å²) in [6.07, 6.45) is 1.50. The first-order valence-corrected chi connectivity index (χ1v) is 8.16. The molecular weight excluding hydrogens is 336 g/mol. The summed E-state index contributed by atoms with van der Waals surface area (Å²) >= 11 is 0. The van der Waals surface area contributed by atoms with E-state index in [9.17, 15) is 9.59 Å². The zero-order valence-corrected chi connectivity index (χ0v) is 14.3. The predicted octanol–water partition coefficient (Wildman–Crippen LogP) is 3.14. The van der Waals surface area contributed by atoms with Crippen molar-refractivity contribution in [2.24, 2.45) is 0 Å². The van der Waals surface area contributed by atoms with Gasteiger partial charge in [0.1, 0.15) is 6.54 Å². The monoisotopic (exact) mass is 354 g/mol. The number of aromatic nitrogens is 1. The second-order valence-electron chi connectivity index (χ2n) is 5.51. The molecule has 1 amide bonds. The van der Waals surface area contributed by atoms with Crippen molar-refractivity contribution in [2.75, 3.05) is 13.2 Å². The molecule has 7 heteroatoms. The van der Waals surface area contributed by atoms with Crippen LogP contribution in [0.15, 0.2) is 63.7 Å². The van der Waals surface area contributed by atoms with Crippen LogP contribution in [0, 0.1) is 0 Å². The molecule has 2 heterocycles. The Morgan fingerprint density at radius 1 is 1.12 bits per heavy atom. The van der Waals surface area contributed by atoms with Gasteiger partial charge in [0.05, 0.1) is 12.9 Å². The highest BCUT2D eigenvalue weighted by atomic mass is 16.5. The molecule has 0 radical (unpaired) electrons. The fourth-order valence-corrected chi connectivity index (χ4v) is 2.44. The van der Waals surface area contributed by atoms with Gasteiger partial charge >= 0.3 is 5.97 Å². The Morgan fingerprint density at radius 3 is 2.62 bits per heavy atom. The Kier molecular flexibility index (Phi) is 5.48. The van der Waals surface area contributed by atoms with Crippen LogP contribution in [0.4, 0.5) is 0 Å². The zero-order valence-electron chi connectivity index (χ0n) is 14.3. The maximum atomic E-state index is 12.8. The molecule has 0 atom stereocenters. The molecule has 7 nitrogen and oxygen atoms in total. The molecule has 2 aromatic heterocycles. The zero-order chi connectivity index (χ0) is 18.4. The van der Waals surface area contributed by atoms with Crippen molar-refractivity contribution >= 4 is 11.9 Å². The second kappa shape index (κ2) is 8.15. The van der Waals surface area contributed by atoms with Crippen LogP contribution in [0.1, 0.15) is 23.0 Å². The molecule has 0 fully saturated rings. The standard InChI is InChI=1S/C19H18N2O5/c1-2-24-18(22)13-21(12-14-7-4-3-5-8-14)19(23)15-11-17(26-20-15)16-9-6-10-25-16/h3-11H,2,12-13H2,1H3. The first kappa shape index (κ1) is 17.5. The maximum Gasteiger partial charge on any atom is 0.325 e. The highest BCUT2D eigenvalue weighted by Crippen LogP contribution is 2.21. The second-order valence-corrected chi connectivity index (χ2v) is 5.51. The third-order valence-corrected chi connectivity index (χ3v) is 3.62. The fraction of sp³-hybridized carbons (Fsp3) is 0.211. The summed E-state index contributed by atoms with van der Waals surface area (Å²) in [5.41, 5.74) is 0.983. The molecule has 0 bridgehead atoms. The lowest BCUT2D eigenvalue weighted by atomic mass is 10.2. The lowest BCUT2D eigenvalue weighted by molar-refractivity contribution is -0.143. The van der Waals surface area contributed by atoms with E-state index in [1.54, 1.807) is 19.1 Å². The molecule has 0 unspecified atom stereocenters. The molecule has 0 saturated carbocycles. The molecule has 3 rings (SSSR count). The van der Waals surface area contributed by atoms with E-state index in [1.165, 1.54) is 17.2 Å². The molecule has 0 N–H and O–H groups in total. The van der Waals surface area contributed by atoms with Crippen molar-refractivity contribution in [2.45, 2.75) is 13.5 Å². The SMILES string of the molecule is CCOC(=O)CN(Cc1ccccc1)C(=O)c1cc(-c2ccco2)on1. The van der Waals surface area contributed by atoms with Gasteiger partial charge in [0.15, 0.2) is 11.5 Å². The van der Waals surface area contributed by atoms with E-state index in [-0.39, 0.29) is 25.4 Å². The normalized spacial score (nSPS) is 10.5. The van der Waals surface area contributed by atoms with Crippen molar-refractivity contribution < 1.29 is 23.3 Å². The van der Waals surface area contributed by atoms with Gasteiger partial charge < -0.3 is 18.6 Å². The van der Waals surface area contributed by atoms with Crippen molar-refractivity contribution in [3.8, 4) is 11.5 Å². The number of nitrogens with zero attached hydrogens (tertiary/aromatic N) is 2. The highest BCUT2D eigenvalue weighted by Gasteiger charge is 2.24. The number of carbonyl (C=O) groups is 2. The number of benzene rings is 1. The quantitative estimate of drug-likeness (QED) is 0.606. The number of esters is 1. The first-order chi connectivity index (χ1) is 12.7. The Bertz CT molecular complexity index is 855. The molecule has 1 aromatic carbocycles. The summed E-state index contributed by atoms with van der Waals surface area (Å²) in [5, 5.41) is 3.81. The Hall–Kier alpha value is -3.35. The summed E-state index contributed by atoms with van der Waals surface area (Å²) < 4.78 is 15.4. The van der Waals surface area contributed by atoms with Gasteiger partial charge in [-0.15, -0.1) is 0 Å². The van der Waals surface area contributed by atoms with Crippen LogP contribution in [-0.4, -0.2) is 35.1 Å². The largest absolute Gasteiger partial charge is 0.465 e. The topological polar surface area (TPSA) is 85.8 Å². The molecule has 0 aliphatic heterocycles. The average molecular weight is 354 g/mol. The fourth-order valence-electron chi connectivity index (χ4n) is 2.44. The summed E-state index contributed by atoms with van der Waals surface area (Å²) in [4.78, 5) is 26.1. The van der Waals surface area contributed by atoms with E-state index >= 15 is 0 Å². The molecule has 0 saturated heterocycles. The summed E-state index contributed by atoms with van der Waals surface area (Å²) in [7, 11) is 0. The number of hydrogen-bond donors (Lipinski definition) is 0. The number of ether oxygens (including phenoxy) is 1. The third-order valence-electron chi connectivity index (χ3n) is 3.62. The molecule has 0 spiro atoms. The number of amides is 1. The van der Waals surface area contributed by atoms with Gasteiger partial charge in [-0.1, -0.05) is 35.5 Å². The predicted molar refractivity (Wildman–Crippen MR) is 92.0 cm³/mol. The summed E-state index contributed by atoms with van der Waals surface area (Å²) in [6, 6.07) is 14.3. The lowest BCUT2D eigenvalue weighted by Gasteiger charge is -2.20. The van der Waals surface area contributed by atoms with E-state index in [0.717, 1.165) is 5.56 Å². The van der Waals surface area contributed by atoms with E-state index in [2.05, 4.69) is 5.16 Å². The Balaban J connectivity index is 1.80. The van der Waals surface area contributed by atoms with Gasteiger partial charge in [-0.3, -0.25) is 9.59 Å². The van der Waals surface area contributed by atoms with Gasteiger partial charge in [-0.2, -0.15) is 0 Å². The van der Waals surface area contributed by atoms with Gasteiger partial charge in [-0.05, 0) is 24.6 Å². The van der Waals surface area contributed by atoms with Crippen LogP contribution in [0.25, 0.3) is 11.5 Å². The van der Waals surface area contributed by atoms with Crippen LogP contribution in [0.2, 0.25) is 0 Å². The molecular formula is C19H18N2O5. The Labute approximate surface area is 150 Å². The lowest BCUT2D eigenvalue weighted by Crippen LogP contribution is -2.36. The molecule has 0 aliphatic carbocycles. The number of carbonyl (C=O) groups excluding carboxylic acids is 2. The number of rotatable bonds is 7. The van der Waals surface area contributed by atoms with E-state index in [4.69, 9.17) is 13.7 Å². The number of furan rings is 1. The molecule has 3 aromatic rings. The molecule has 0 aliphatic rings. The minimum absolute atomic E-state index is 0.0941. The van der Waals surface area contributed by atoms with Crippen LogP contribution >= 0.6 is 0 Å². The van der Waals surface area contributed by atoms with E-state index in [0.29, 0.717) is 11.5 Å². The van der Waals surface area contributed by atoms with Crippen LogP contribution in [0.5, 0.6) is 0 Å². The van der Waals surface area contributed by atoms with Crippen LogP contribution in [-0.2, 0) is 16.1 Å². The van der Waals surface area contributed by atoms with E-state index < -0.39 is 11.9 Å². The maximum absolute atomic E-state index is 12.8. The third kappa shape index (κ3) is 4.18. The van der Waals surface area contributed by atoms with Gasteiger partial charge in [0, 0.05) is 12.6 Å². The minimum Gasteiger partial charge on any atom is -0.465 e. The minimum atomic E-state index is -0.480. The smallest absolute Gasteiger partial charge is 0.325 e. The van der Waals surface area contributed by atoms with Gasteiger partial charge in [0.25, 0.3) is 5.91 Å². The molecule has 134 valence electrons. The van der Waals surface area contributed by atoms with E-state index in [1.807, 2.05) is 30.3 Å². The van der Waals surface area contributed by atoms with Gasteiger partial charge in [0.2, 0.25) is 5.76 Å². The van der Waals surface area contributed by atoms with Crippen molar-refractivity contribution in [3.05, 3.63) is 66.1 Å². The summed E-state index contributed by atoms with van der Waals surface area (Å²) in [6.45, 7) is 2.04. The first-order valence-electron chi connectivity index (χ1n) is 8.16. The van der Waals surface area contributed by atoms with Crippen LogP contribution < -0.4 is 0 Å². The summed E-state index contributed by atoms with van der Waals surface area (Å²) in [5.74, 6) is -0.0966. The van der Waals surface area contributed by atoms with Crippen LogP contribution in [0.3, 0.4) is 0 Å². The van der Waals surface area contributed by atoms with Gasteiger partial charge in [-0.25, -0.2) is 0 Å². The van der Waals surface area contributed by atoms with Crippen molar-refractivity contribution in [1.82, 2.24) is 10.1 Å². The Morgan fingerprint density at radius 2 is 1.92 bits per heavy atom. The van der Waals surface area contributed by atoms with Crippen molar-refractivity contribution in [1.29, 1.82) is 0 Å².